The summed E-state index contributed by atoms with van der Waals surface area (Å²) in [7, 11) is 1.77. The van der Waals surface area contributed by atoms with Gasteiger partial charge >= 0.3 is 0 Å². The lowest BCUT2D eigenvalue weighted by molar-refractivity contribution is -0.127. The molecule has 2 rings (SSSR count). The van der Waals surface area contributed by atoms with Gasteiger partial charge in [0.1, 0.15) is 5.78 Å². The smallest absolute Gasteiger partial charge is 0.149 e. The lowest BCUT2D eigenvalue weighted by Crippen LogP contribution is -2.48. The van der Waals surface area contributed by atoms with E-state index in [0.29, 0.717) is 11.7 Å². The largest absolute Gasteiger partial charge is 0.384 e. The van der Waals surface area contributed by atoms with E-state index in [1.165, 1.54) is 19.3 Å². The van der Waals surface area contributed by atoms with Crippen molar-refractivity contribution in [2.45, 2.75) is 44.6 Å². The molecule has 0 spiro atoms. The minimum Gasteiger partial charge on any atom is -0.384 e. The van der Waals surface area contributed by atoms with Gasteiger partial charge in [0, 0.05) is 20.1 Å². The van der Waals surface area contributed by atoms with Crippen molar-refractivity contribution in [1.82, 2.24) is 4.90 Å². The van der Waals surface area contributed by atoms with Crippen molar-refractivity contribution in [3.8, 4) is 0 Å². The number of likely N-dealkylation sites (tertiary alicyclic amines) is 1. The zero-order chi connectivity index (χ0) is 11.4. The molecule has 2 fully saturated rings. The monoisotopic (exact) mass is 225 g/mol. The van der Waals surface area contributed by atoms with Gasteiger partial charge in [0.2, 0.25) is 0 Å². The fourth-order valence-electron chi connectivity index (χ4n) is 3.10. The zero-order valence-electron chi connectivity index (χ0n) is 10.3. The fourth-order valence-corrected chi connectivity index (χ4v) is 3.10. The third-order valence-corrected chi connectivity index (χ3v) is 3.92. The second kappa shape index (κ2) is 5.78. The number of Topliss-reactive ketones (excluding diaryl/α,β-unsaturated/α-hetero) is 1. The van der Waals surface area contributed by atoms with Gasteiger partial charge in [-0.1, -0.05) is 6.42 Å². The molecule has 1 saturated heterocycles. The molecule has 3 heteroatoms. The lowest BCUT2D eigenvalue weighted by Gasteiger charge is -2.38. The Labute approximate surface area is 98.1 Å². The number of carbonyl (C=O) groups excluding carboxylic acids is 1. The quantitative estimate of drug-likeness (QED) is 0.734. The number of methoxy groups -OCH3 is 1. The van der Waals surface area contributed by atoms with E-state index >= 15 is 0 Å². The summed E-state index contributed by atoms with van der Waals surface area (Å²) in [5.41, 5.74) is 0. The molecule has 92 valence electrons. The molecule has 0 amide bonds. The van der Waals surface area contributed by atoms with Gasteiger partial charge in [-0.25, -0.2) is 0 Å². The van der Waals surface area contributed by atoms with Gasteiger partial charge in [0.05, 0.1) is 12.6 Å². The number of rotatable bonds is 3. The molecule has 2 atom stereocenters. The third-order valence-electron chi connectivity index (χ3n) is 3.92. The molecule has 0 N–H and O–H groups in total. The number of hydrogen-bond donors (Lipinski definition) is 0. The molecule has 2 aliphatic rings. The summed E-state index contributed by atoms with van der Waals surface area (Å²) in [4.78, 5) is 14.3. The molecule has 2 unspecified atom stereocenters. The Hall–Kier alpha value is -0.410. The van der Waals surface area contributed by atoms with Gasteiger partial charge < -0.3 is 4.74 Å². The maximum Gasteiger partial charge on any atom is 0.149 e. The average molecular weight is 225 g/mol. The molecule has 1 saturated carbocycles. The predicted molar refractivity (Wildman–Crippen MR) is 63.4 cm³/mol. The molecule has 1 aliphatic heterocycles. The number of ketones is 1. The van der Waals surface area contributed by atoms with Crippen LogP contribution in [0.15, 0.2) is 0 Å². The Bertz CT molecular complexity index is 240. The van der Waals surface area contributed by atoms with E-state index in [1.807, 2.05) is 0 Å². The first kappa shape index (κ1) is 12.1. The molecule has 16 heavy (non-hydrogen) atoms. The van der Waals surface area contributed by atoms with Gasteiger partial charge in [0.15, 0.2) is 0 Å². The maximum atomic E-state index is 11.9. The molecule has 0 aromatic heterocycles. The minimum absolute atomic E-state index is 0.230. The highest BCUT2D eigenvalue weighted by Crippen LogP contribution is 2.25. The van der Waals surface area contributed by atoms with Crippen LogP contribution in [0.2, 0.25) is 0 Å². The van der Waals surface area contributed by atoms with Gasteiger partial charge in [-0.3, -0.25) is 9.69 Å². The van der Waals surface area contributed by atoms with Crippen molar-refractivity contribution in [3.63, 3.8) is 0 Å². The summed E-state index contributed by atoms with van der Waals surface area (Å²) in [6, 6.07) is 0.230. The summed E-state index contributed by atoms with van der Waals surface area (Å²) >= 11 is 0. The normalized spacial score (nSPS) is 32.9. The zero-order valence-corrected chi connectivity index (χ0v) is 10.3. The van der Waals surface area contributed by atoms with E-state index in [4.69, 9.17) is 4.74 Å². The van der Waals surface area contributed by atoms with E-state index in [2.05, 4.69) is 4.90 Å². The van der Waals surface area contributed by atoms with Gasteiger partial charge in [0.25, 0.3) is 0 Å². The highest BCUT2D eigenvalue weighted by atomic mass is 16.5. The number of piperidine rings is 1. The molecule has 1 heterocycles. The average Bonchev–Trinajstić information content (AvgIpc) is 2.30. The molecule has 3 nitrogen and oxygen atoms in total. The Morgan fingerprint density at radius 1 is 1.31 bits per heavy atom. The van der Waals surface area contributed by atoms with Crippen molar-refractivity contribution in [3.05, 3.63) is 0 Å². The maximum absolute atomic E-state index is 11.9. The van der Waals surface area contributed by atoms with Crippen LogP contribution in [-0.4, -0.2) is 43.5 Å². The number of carbonyl (C=O) groups is 1. The van der Waals surface area contributed by atoms with Crippen molar-refractivity contribution in [1.29, 1.82) is 0 Å². The molecular weight excluding hydrogens is 202 g/mol. The van der Waals surface area contributed by atoms with Crippen molar-refractivity contribution < 1.29 is 9.53 Å². The number of hydrogen-bond acceptors (Lipinski definition) is 3. The molecule has 0 radical (unpaired) electrons. The highest BCUT2D eigenvalue weighted by molar-refractivity contribution is 5.84. The topological polar surface area (TPSA) is 29.5 Å². The summed E-state index contributed by atoms with van der Waals surface area (Å²) in [5.74, 6) is 1.11. The molecule has 0 aromatic carbocycles. The van der Waals surface area contributed by atoms with Crippen molar-refractivity contribution in [2.24, 2.45) is 5.92 Å². The van der Waals surface area contributed by atoms with Crippen LogP contribution in [0.4, 0.5) is 0 Å². The second-order valence-corrected chi connectivity index (χ2v) is 5.19. The highest BCUT2D eigenvalue weighted by Gasteiger charge is 2.31. The predicted octanol–water partition coefficient (Wildman–Crippen LogP) is 1.86. The number of ether oxygens (including phenoxy) is 1. The Morgan fingerprint density at radius 3 is 2.94 bits per heavy atom. The standard InChI is InChI=1S/C13H23NO2/c1-16-10-11-5-4-8-14(9-11)12-6-2-3-7-13(12)15/h11-12H,2-10H2,1H3. The van der Waals surface area contributed by atoms with Crippen LogP contribution in [0.3, 0.4) is 0 Å². The lowest BCUT2D eigenvalue weighted by atomic mass is 9.89. The van der Waals surface area contributed by atoms with E-state index in [0.717, 1.165) is 39.0 Å². The van der Waals surface area contributed by atoms with Crippen LogP contribution in [0.1, 0.15) is 38.5 Å². The minimum atomic E-state index is 0.230. The first-order valence-electron chi connectivity index (χ1n) is 6.57. The Morgan fingerprint density at radius 2 is 2.19 bits per heavy atom. The second-order valence-electron chi connectivity index (χ2n) is 5.19. The first-order chi connectivity index (χ1) is 7.81. The summed E-state index contributed by atoms with van der Waals surface area (Å²) in [5, 5.41) is 0. The van der Waals surface area contributed by atoms with E-state index in [9.17, 15) is 4.79 Å². The van der Waals surface area contributed by atoms with Crippen molar-refractivity contribution in [2.75, 3.05) is 26.8 Å². The van der Waals surface area contributed by atoms with Crippen LogP contribution in [0.5, 0.6) is 0 Å². The summed E-state index contributed by atoms with van der Waals surface area (Å²) < 4.78 is 5.23. The van der Waals surface area contributed by atoms with Gasteiger partial charge in [-0.05, 0) is 38.1 Å². The van der Waals surface area contributed by atoms with E-state index in [-0.39, 0.29) is 6.04 Å². The van der Waals surface area contributed by atoms with Gasteiger partial charge in [-0.2, -0.15) is 0 Å². The Kier molecular flexibility index (Phi) is 4.36. The van der Waals surface area contributed by atoms with Crippen molar-refractivity contribution >= 4 is 5.78 Å². The van der Waals surface area contributed by atoms with Crippen LogP contribution >= 0.6 is 0 Å². The van der Waals surface area contributed by atoms with Crippen LogP contribution in [-0.2, 0) is 9.53 Å². The van der Waals surface area contributed by atoms with Crippen LogP contribution in [0.25, 0.3) is 0 Å². The fraction of sp³-hybridized carbons (Fsp3) is 0.923. The third kappa shape index (κ3) is 2.83. The van der Waals surface area contributed by atoms with Crippen LogP contribution < -0.4 is 0 Å². The van der Waals surface area contributed by atoms with E-state index in [1.54, 1.807) is 7.11 Å². The van der Waals surface area contributed by atoms with Gasteiger partial charge in [-0.15, -0.1) is 0 Å². The Balaban J connectivity index is 1.89. The number of nitrogens with zero attached hydrogens (tertiary/aromatic N) is 1. The summed E-state index contributed by atoms with van der Waals surface area (Å²) in [6.45, 7) is 3.01. The molecule has 1 aliphatic carbocycles. The first-order valence-corrected chi connectivity index (χ1v) is 6.57. The van der Waals surface area contributed by atoms with E-state index < -0.39 is 0 Å². The molecular formula is C13H23NO2. The molecule has 0 aromatic rings. The molecule has 0 bridgehead atoms. The summed E-state index contributed by atoms with van der Waals surface area (Å²) in [6.07, 6.45) is 6.68. The SMILES string of the molecule is COCC1CCCN(C2CCCCC2=O)C1. The van der Waals surface area contributed by atoms with Crippen LogP contribution in [0, 0.1) is 5.92 Å².